The number of hydrogen-bond donors (Lipinski definition) is 1. The van der Waals surface area contributed by atoms with Gasteiger partial charge in [-0.2, -0.15) is 0 Å². The van der Waals surface area contributed by atoms with Crippen LogP contribution in [0.25, 0.3) is 0 Å². The zero-order valence-corrected chi connectivity index (χ0v) is 15.2. The summed E-state index contributed by atoms with van der Waals surface area (Å²) >= 11 is 0. The second-order valence-corrected chi connectivity index (χ2v) is 8.50. The van der Waals surface area contributed by atoms with Gasteiger partial charge in [0.15, 0.2) is 0 Å². The summed E-state index contributed by atoms with van der Waals surface area (Å²) in [6, 6.07) is 6.65. The van der Waals surface area contributed by atoms with Crippen molar-refractivity contribution in [1.29, 1.82) is 0 Å². The van der Waals surface area contributed by atoms with Crippen molar-refractivity contribution in [2.45, 2.75) is 69.0 Å². The zero-order valence-electron chi connectivity index (χ0n) is 15.2. The Morgan fingerprint density at radius 2 is 1.73 bits per heavy atom. The fourth-order valence-electron chi connectivity index (χ4n) is 5.74. The molecule has 1 aromatic rings. The lowest BCUT2D eigenvalue weighted by atomic mass is 9.96. The third-order valence-corrected chi connectivity index (χ3v) is 7.15. The monoisotopic (exact) mass is 353 g/mol. The quantitative estimate of drug-likeness (QED) is 0.908. The Bertz CT molecular complexity index is 757. The number of rotatable bonds is 3. The largest absolute Gasteiger partial charge is 0.366 e. The second kappa shape index (κ2) is 5.81. The van der Waals surface area contributed by atoms with Crippen LogP contribution >= 0.6 is 0 Å². The SMILES string of the molecule is NC(=O)c1cccc2c1C(=O)N(C1CCN(C3CCCC3)CC1)C21CC1. The summed E-state index contributed by atoms with van der Waals surface area (Å²) in [5.41, 5.74) is 7.41. The van der Waals surface area contributed by atoms with Gasteiger partial charge < -0.3 is 15.5 Å². The van der Waals surface area contributed by atoms with Gasteiger partial charge in [0.05, 0.1) is 16.7 Å². The first kappa shape index (κ1) is 16.3. The van der Waals surface area contributed by atoms with Gasteiger partial charge in [0.2, 0.25) is 5.91 Å². The van der Waals surface area contributed by atoms with E-state index in [0.29, 0.717) is 11.1 Å². The summed E-state index contributed by atoms with van der Waals surface area (Å²) in [6.07, 6.45) is 9.52. The molecule has 1 saturated heterocycles. The van der Waals surface area contributed by atoms with Crippen molar-refractivity contribution in [3.63, 3.8) is 0 Å². The Kier molecular flexibility index (Phi) is 3.64. The molecular weight excluding hydrogens is 326 g/mol. The second-order valence-electron chi connectivity index (χ2n) is 8.50. The number of carbonyl (C=O) groups is 2. The lowest BCUT2D eigenvalue weighted by Crippen LogP contribution is -2.50. The number of fused-ring (bicyclic) bond motifs is 2. The maximum absolute atomic E-state index is 13.3. The molecule has 3 fully saturated rings. The first-order valence-electron chi connectivity index (χ1n) is 10.1. The topological polar surface area (TPSA) is 66.6 Å². The predicted octanol–water partition coefficient (Wildman–Crippen LogP) is 2.64. The highest BCUT2D eigenvalue weighted by molar-refractivity contribution is 6.10. The predicted molar refractivity (Wildman–Crippen MR) is 98.9 cm³/mol. The highest BCUT2D eigenvalue weighted by Gasteiger charge is 2.60. The van der Waals surface area contributed by atoms with Crippen LogP contribution in [0.2, 0.25) is 0 Å². The van der Waals surface area contributed by atoms with Crippen LogP contribution in [0.4, 0.5) is 0 Å². The van der Waals surface area contributed by atoms with E-state index in [1.54, 1.807) is 6.07 Å². The fraction of sp³-hybridized carbons (Fsp3) is 0.619. The molecule has 5 nitrogen and oxygen atoms in total. The maximum atomic E-state index is 13.3. The molecule has 2 aliphatic carbocycles. The Labute approximate surface area is 154 Å². The van der Waals surface area contributed by atoms with Crippen molar-refractivity contribution < 1.29 is 9.59 Å². The number of nitrogens with two attached hydrogens (primary N) is 1. The third kappa shape index (κ3) is 2.26. The van der Waals surface area contributed by atoms with E-state index in [2.05, 4.69) is 9.80 Å². The number of benzene rings is 1. The minimum Gasteiger partial charge on any atom is -0.366 e. The maximum Gasteiger partial charge on any atom is 0.256 e. The normalized spacial score (nSPS) is 25.8. The van der Waals surface area contributed by atoms with Gasteiger partial charge in [0, 0.05) is 25.2 Å². The van der Waals surface area contributed by atoms with Gasteiger partial charge in [-0.25, -0.2) is 0 Å². The summed E-state index contributed by atoms with van der Waals surface area (Å²) in [7, 11) is 0. The van der Waals surface area contributed by atoms with Gasteiger partial charge in [0.1, 0.15) is 0 Å². The fourth-order valence-corrected chi connectivity index (χ4v) is 5.74. The lowest BCUT2D eigenvalue weighted by Gasteiger charge is -2.41. The van der Waals surface area contributed by atoms with Crippen LogP contribution in [0.15, 0.2) is 18.2 Å². The zero-order chi connectivity index (χ0) is 17.9. The molecule has 26 heavy (non-hydrogen) atoms. The number of primary amides is 1. The van der Waals surface area contributed by atoms with Crippen LogP contribution in [0.1, 0.15) is 77.6 Å². The number of nitrogens with zero attached hydrogens (tertiary/aromatic N) is 2. The van der Waals surface area contributed by atoms with Gasteiger partial charge in [-0.1, -0.05) is 25.0 Å². The molecule has 2 amide bonds. The minimum atomic E-state index is -0.496. The van der Waals surface area contributed by atoms with Gasteiger partial charge in [-0.3, -0.25) is 9.59 Å². The van der Waals surface area contributed by atoms with Gasteiger partial charge in [-0.05, 0) is 50.2 Å². The molecule has 2 heterocycles. The number of hydrogen-bond acceptors (Lipinski definition) is 3. The standard InChI is InChI=1S/C21H27N3O2/c22-19(25)16-6-3-7-17-18(16)20(26)24(21(17)10-11-21)15-8-12-23(13-9-15)14-4-1-2-5-14/h3,6-7,14-15H,1-2,4-5,8-13H2,(H2,22,25). The van der Waals surface area contributed by atoms with E-state index in [1.165, 1.54) is 25.7 Å². The van der Waals surface area contributed by atoms with E-state index < -0.39 is 5.91 Å². The Morgan fingerprint density at radius 1 is 1.04 bits per heavy atom. The molecule has 0 atom stereocenters. The van der Waals surface area contributed by atoms with Gasteiger partial charge >= 0.3 is 0 Å². The number of amides is 2. The van der Waals surface area contributed by atoms with E-state index in [-0.39, 0.29) is 17.5 Å². The van der Waals surface area contributed by atoms with E-state index in [0.717, 1.165) is 50.4 Å². The lowest BCUT2D eigenvalue weighted by molar-refractivity contribution is 0.0398. The molecule has 5 rings (SSSR count). The molecule has 4 aliphatic rings. The average molecular weight is 353 g/mol. The van der Waals surface area contributed by atoms with Crippen LogP contribution in [0, 0.1) is 0 Å². The van der Waals surface area contributed by atoms with Crippen molar-refractivity contribution >= 4 is 11.8 Å². The van der Waals surface area contributed by atoms with Crippen LogP contribution in [0.5, 0.6) is 0 Å². The Balaban J connectivity index is 1.40. The smallest absolute Gasteiger partial charge is 0.256 e. The van der Waals surface area contributed by atoms with Crippen molar-refractivity contribution in [2.75, 3.05) is 13.1 Å². The van der Waals surface area contributed by atoms with Crippen molar-refractivity contribution in [1.82, 2.24) is 9.80 Å². The van der Waals surface area contributed by atoms with Crippen molar-refractivity contribution in [3.05, 3.63) is 34.9 Å². The van der Waals surface area contributed by atoms with E-state index in [1.807, 2.05) is 12.1 Å². The molecule has 0 bridgehead atoms. The number of piperidine rings is 1. The van der Waals surface area contributed by atoms with Crippen LogP contribution in [0.3, 0.4) is 0 Å². The first-order valence-corrected chi connectivity index (χ1v) is 10.1. The summed E-state index contributed by atoms with van der Waals surface area (Å²) < 4.78 is 0. The molecule has 1 aromatic carbocycles. The molecule has 0 unspecified atom stereocenters. The molecule has 138 valence electrons. The summed E-state index contributed by atoms with van der Waals surface area (Å²) in [5.74, 6) is -0.463. The molecule has 1 spiro atoms. The molecule has 2 N–H and O–H groups in total. The van der Waals surface area contributed by atoms with E-state index in [4.69, 9.17) is 5.73 Å². The Hall–Kier alpha value is -1.88. The molecule has 2 saturated carbocycles. The number of likely N-dealkylation sites (tertiary alicyclic amines) is 1. The molecule has 0 radical (unpaired) electrons. The van der Waals surface area contributed by atoms with Crippen molar-refractivity contribution in [3.8, 4) is 0 Å². The van der Waals surface area contributed by atoms with Gasteiger partial charge in [0.25, 0.3) is 5.91 Å². The summed E-state index contributed by atoms with van der Waals surface area (Å²) in [4.78, 5) is 30.0. The number of carbonyl (C=O) groups excluding carboxylic acids is 2. The summed E-state index contributed by atoms with van der Waals surface area (Å²) in [6.45, 7) is 2.18. The highest BCUT2D eigenvalue weighted by atomic mass is 16.2. The van der Waals surface area contributed by atoms with E-state index >= 15 is 0 Å². The minimum absolute atomic E-state index is 0.0335. The molecule has 0 aromatic heterocycles. The van der Waals surface area contributed by atoms with E-state index in [9.17, 15) is 9.59 Å². The van der Waals surface area contributed by atoms with Crippen LogP contribution < -0.4 is 5.73 Å². The van der Waals surface area contributed by atoms with Crippen molar-refractivity contribution in [2.24, 2.45) is 5.73 Å². The third-order valence-electron chi connectivity index (χ3n) is 7.15. The summed E-state index contributed by atoms with van der Waals surface area (Å²) in [5, 5.41) is 0. The van der Waals surface area contributed by atoms with Gasteiger partial charge in [-0.15, -0.1) is 0 Å². The molecular formula is C21H27N3O2. The molecule has 5 heteroatoms. The first-order chi connectivity index (χ1) is 12.6. The highest BCUT2D eigenvalue weighted by Crippen LogP contribution is 2.58. The average Bonchev–Trinajstić information content (AvgIpc) is 3.16. The Morgan fingerprint density at radius 3 is 2.35 bits per heavy atom. The molecule has 2 aliphatic heterocycles. The van der Waals surface area contributed by atoms with Crippen LogP contribution in [-0.2, 0) is 5.54 Å². The van der Waals surface area contributed by atoms with Crippen LogP contribution in [-0.4, -0.2) is 46.8 Å².